The second-order valence-corrected chi connectivity index (χ2v) is 5.89. The largest absolute Gasteiger partial charge is 0.326 e. The normalized spacial score (nSPS) is 11.5. The molecule has 0 saturated heterocycles. The van der Waals surface area contributed by atoms with Crippen LogP contribution >= 0.6 is 0 Å². The first-order valence-electron chi connectivity index (χ1n) is 7.88. The minimum atomic E-state index is -0.658. The number of aryl methyl sites for hydroxylation is 3. The van der Waals surface area contributed by atoms with E-state index in [4.69, 9.17) is 0 Å². The van der Waals surface area contributed by atoms with Gasteiger partial charge in [0.2, 0.25) is 5.91 Å². The molecule has 1 unspecified atom stereocenters. The molecule has 3 N–H and O–H groups in total. The zero-order valence-corrected chi connectivity index (χ0v) is 14.4. The van der Waals surface area contributed by atoms with Crippen LogP contribution in [0.2, 0.25) is 0 Å². The maximum absolute atomic E-state index is 12.2. The van der Waals surface area contributed by atoms with Crippen molar-refractivity contribution in [2.45, 2.75) is 33.7 Å². The Morgan fingerprint density at radius 3 is 2.04 bits per heavy atom. The molecular weight excluding hydrogens is 302 g/mol. The Hall–Kier alpha value is -2.82. The number of para-hydroxylation sites is 2. The minimum Gasteiger partial charge on any atom is -0.326 e. The summed E-state index contributed by atoms with van der Waals surface area (Å²) in [6.45, 7) is 7.42. The summed E-state index contributed by atoms with van der Waals surface area (Å²) < 4.78 is 0. The van der Waals surface area contributed by atoms with Crippen molar-refractivity contribution in [3.63, 3.8) is 0 Å². The number of carbonyl (C=O) groups is 2. The Labute approximate surface area is 142 Å². The molecule has 0 aliphatic rings. The molecule has 24 heavy (non-hydrogen) atoms. The topological polar surface area (TPSA) is 70.2 Å². The van der Waals surface area contributed by atoms with Crippen LogP contribution in [0.15, 0.2) is 42.5 Å². The van der Waals surface area contributed by atoms with E-state index in [-0.39, 0.29) is 5.91 Å². The molecule has 0 bridgehead atoms. The van der Waals surface area contributed by atoms with Gasteiger partial charge in [0, 0.05) is 11.4 Å². The van der Waals surface area contributed by atoms with Gasteiger partial charge < -0.3 is 16.0 Å². The second kappa shape index (κ2) is 7.64. The van der Waals surface area contributed by atoms with Crippen LogP contribution in [0.3, 0.4) is 0 Å². The summed E-state index contributed by atoms with van der Waals surface area (Å²) in [6, 6.07) is 12.2. The van der Waals surface area contributed by atoms with Gasteiger partial charge >= 0.3 is 6.03 Å². The van der Waals surface area contributed by atoms with E-state index in [0.717, 1.165) is 28.1 Å². The lowest BCUT2D eigenvalue weighted by atomic mass is 10.1. The van der Waals surface area contributed by atoms with Crippen molar-refractivity contribution in [2.75, 3.05) is 10.6 Å². The summed E-state index contributed by atoms with van der Waals surface area (Å²) in [5.41, 5.74) is 4.43. The number of rotatable bonds is 4. The predicted octanol–water partition coefficient (Wildman–Crippen LogP) is 3.76. The number of amides is 3. The van der Waals surface area contributed by atoms with Gasteiger partial charge in [-0.25, -0.2) is 4.79 Å². The smallest absolute Gasteiger partial charge is 0.319 e. The third-order valence-electron chi connectivity index (χ3n) is 3.86. The molecule has 5 nitrogen and oxygen atoms in total. The van der Waals surface area contributed by atoms with Crippen molar-refractivity contribution in [1.82, 2.24) is 5.32 Å². The highest BCUT2D eigenvalue weighted by Gasteiger charge is 2.17. The molecule has 0 heterocycles. The average molecular weight is 325 g/mol. The lowest BCUT2D eigenvalue weighted by Gasteiger charge is -2.17. The van der Waals surface area contributed by atoms with Gasteiger partial charge in [0.05, 0.1) is 0 Å². The molecule has 2 rings (SSSR count). The standard InChI is InChI=1S/C19H23N3O2/c1-12-8-5-6-11-16(12)21-18(23)15(4)20-19(24)22-17-13(2)9-7-10-14(17)3/h5-11,15H,1-4H3,(H,21,23)(H2,20,22,24). The molecular formula is C19H23N3O2. The number of benzene rings is 2. The van der Waals surface area contributed by atoms with Crippen molar-refractivity contribution in [2.24, 2.45) is 0 Å². The molecule has 0 fully saturated rings. The third-order valence-corrected chi connectivity index (χ3v) is 3.86. The minimum absolute atomic E-state index is 0.263. The Kier molecular flexibility index (Phi) is 5.58. The zero-order valence-electron chi connectivity index (χ0n) is 14.4. The van der Waals surface area contributed by atoms with Crippen LogP contribution in [0, 0.1) is 20.8 Å². The van der Waals surface area contributed by atoms with Gasteiger partial charge in [-0.2, -0.15) is 0 Å². The van der Waals surface area contributed by atoms with Crippen LogP contribution in [-0.4, -0.2) is 18.0 Å². The van der Waals surface area contributed by atoms with Crippen molar-refractivity contribution in [3.8, 4) is 0 Å². The van der Waals surface area contributed by atoms with Crippen LogP contribution in [0.5, 0.6) is 0 Å². The number of urea groups is 1. The van der Waals surface area contributed by atoms with Gasteiger partial charge in [0.25, 0.3) is 0 Å². The van der Waals surface area contributed by atoms with Gasteiger partial charge in [-0.3, -0.25) is 4.79 Å². The van der Waals surface area contributed by atoms with Gasteiger partial charge in [0.1, 0.15) is 6.04 Å². The fourth-order valence-electron chi connectivity index (χ4n) is 2.38. The highest BCUT2D eigenvalue weighted by Crippen LogP contribution is 2.19. The molecule has 2 aromatic carbocycles. The van der Waals surface area contributed by atoms with E-state index in [0.29, 0.717) is 0 Å². The first-order chi connectivity index (χ1) is 11.4. The van der Waals surface area contributed by atoms with Crippen LogP contribution < -0.4 is 16.0 Å². The van der Waals surface area contributed by atoms with Crippen molar-refractivity contribution in [1.29, 1.82) is 0 Å². The van der Waals surface area contributed by atoms with Crippen LogP contribution in [0.1, 0.15) is 23.6 Å². The first-order valence-corrected chi connectivity index (χ1v) is 7.88. The molecule has 0 aliphatic heterocycles. The molecule has 0 aromatic heterocycles. The molecule has 0 aliphatic carbocycles. The highest BCUT2D eigenvalue weighted by atomic mass is 16.2. The van der Waals surface area contributed by atoms with Gasteiger partial charge in [0.15, 0.2) is 0 Å². The summed E-state index contributed by atoms with van der Waals surface area (Å²) in [4.78, 5) is 24.4. The maximum atomic E-state index is 12.2. The molecule has 5 heteroatoms. The summed E-state index contributed by atoms with van der Waals surface area (Å²) in [5, 5.41) is 8.29. The van der Waals surface area contributed by atoms with Crippen molar-refractivity contribution < 1.29 is 9.59 Å². The second-order valence-electron chi connectivity index (χ2n) is 5.89. The maximum Gasteiger partial charge on any atom is 0.319 e. The van der Waals surface area contributed by atoms with E-state index in [1.165, 1.54) is 0 Å². The number of carbonyl (C=O) groups excluding carboxylic acids is 2. The van der Waals surface area contributed by atoms with E-state index < -0.39 is 12.1 Å². The zero-order chi connectivity index (χ0) is 17.7. The third kappa shape index (κ3) is 4.35. The number of hydrogen-bond donors (Lipinski definition) is 3. The Balaban J connectivity index is 1.96. The monoisotopic (exact) mass is 325 g/mol. The Bertz CT molecular complexity index is 736. The number of nitrogens with one attached hydrogen (secondary N) is 3. The lowest BCUT2D eigenvalue weighted by Crippen LogP contribution is -2.43. The van der Waals surface area contributed by atoms with E-state index in [1.807, 2.05) is 63.2 Å². The summed E-state index contributed by atoms with van der Waals surface area (Å²) in [7, 11) is 0. The molecule has 0 spiro atoms. The fraction of sp³-hybridized carbons (Fsp3) is 0.263. The van der Waals surface area contributed by atoms with Crippen LogP contribution in [0.25, 0.3) is 0 Å². The van der Waals surface area contributed by atoms with Gasteiger partial charge in [-0.15, -0.1) is 0 Å². The molecule has 1 atom stereocenters. The fourth-order valence-corrected chi connectivity index (χ4v) is 2.38. The summed E-state index contributed by atoms with van der Waals surface area (Å²) in [6.07, 6.45) is 0. The van der Waals surface area contributed by atoms with E-state index in [9.17, 15) is 9.59 Å². The number of hydrogen-bond acceptors (Lipinski definition) is 2. The van der Waals surface area contributed by atoms with Gasteiger partial charge in [-0.05, 0) is 50.5 Å². The van der Waals surface area contributed by atoms with E-state index in [1.54, 1.807) is 6.92 Å². The highest BCUT2D eigenvalue weighted by molar-refractivity contribution is 5.99. The van der Waals surface area contributed by atoms with Crippen LogP contribution in [-0.2, 0) is 4.79 Å². The molecule has 0 radical (unpaired) electrons. The SMILES string of the molecule is Cc1ccccc1NC(=O)C(C)NC(=O)Nc1c(C)cccc1C. The van der Waals surface area contributed by atoms with Gasteiger partial charge in [-0.1, -0.05) is 36.4 Å². The Morgan fingerprint density at radius 1 is 0.833 bits per heavy atom. The summed E-state index contributed by atoms with van der Waals surface area (Å²) >= 11 is 0. The molecule has 3 amide bonds. The predicted molar refractivity (Wildman–Crippen MR) is 97.3 cm³/mol. The van der Waals surface area contributed by atoms with E-state index >= 15 is 0 Å². The Morgan fingerprint density at radius 2 is 1.42 bits per heavy atom. The number of anilines is 2. The first kappa shape index (κ1) is 17.5. The lowest BCUT2D eigenvalue weighted by molar-refractivity contribution is -0.117. The quantitative estimate of drug-likeness (QED) is 0.801. The average Bonchev–Trinajstić information content (AvgIpc) is 2.53. The molecule has 2 aromatic rings. The van der Waals surface area contributed by atoms with Crippen LogP contribution in [0.4, 0.5) is 16.2 Å². The van der Waals surface area contributed by atoms with E-state index in [2.05, 4.69) is 16.0 Å². The molecule has 126 valence electrons. The molecule has 0 saturated carbocycles. The van der Waals surface area contributed by atoms with Crippen molar-refractivity contribution in [3.05, 3.63) is 59.2 Å². The van der Waals surface area contributed by atoms with Crippen molar-refractivity contribution >= 4 is 23.3 Å². The summed E-state index contributed by atoms with van der Waals surface area (Å²) in [5.74, 6) is -0.263.